The summed E-state index contributed by atoms with van der Waals surface area (Å²) in [5.41, 5.74) is 16.3. The first-order valence-corrected chi connectivity index (χ1v) is 25.2. The van der Waals surface area contributed by atoms with E-state index in [0.29, 0.717) is 0 Å². The molecular weight excluding hydrogens is 883 g/mol. The molecule has 0 saturated carbocycles. The summed E-state index contributed by atoms with van der Waals surface area (Å²) in [5, 5.41) is 4.86. The zero-order valence-electron chi connectivity index (χ0n) is 40.5. The lowest BCUT2D eigenvalue weighted by molar-refractivity contribution is 0.805. The van der Waals surface area contributed by atoms with Crippen molar-refractivity contribution < 1.29 is 0 Å². The summed E-state index contributed by atoms with van der Waals surface area (Å²) in [6.07, 6.45) is 0.893. The normalized spacial score (nSPS) is 11.6. The minimum atomic E-state index is 0.160. The summed E-state index contributed by atoms with van der Waals surface area (Å²) in [7, 11) is 0. The van der Waals surface area contributed by atoms with Gasteiger partial charge < -0.3 is 14.7 Å². The van der Waals surface area contributed by atoms with Crippen LogP contribution in [0, 0.1) is 0 Å². The van der Waals surface area contributed by atoms with E-state index in [-0.39, 0.29) is 5.92 Å². The molecule has 0 spiro atoms. The second-order valence-electron chi connectivity index (χ2n) is 18.5. The molecule has 0 radical (unpaired) electrons. The number of para-hydroxylation sites is 3. The van der Waals surface area contributed by atoms with Crippen molar-refractivity contribution in [3.63, 3.8) is 0 Å². The van der Waals surface area contributed by atoms with E-state index >= 15 is 0 Å². The summed E-state index contributed by atoms with van der Waals surface area (Å²) < 4.78 is 0. The van der Waals surface area contributed by atoms with Crippen molar-refractivity contribution >= 4 is 72.7 Å². The van der Waals surface area contributed by atoms with Crippen LogP contribution in [0.3, 0.4) is 0 Å². The third-order valence-electron chi connectivity index (χ3n) is 14.0. The van der Waals surface area contributed by atoms with Crippen LogP contribution in [0.1, 0.15) is 22.6 Å². The smallest absolute Gasteiger partial charge is 0.0540 e. The average molecular weight is 936 g/mol. The van der Waals surface area contributed by atoms with E-state index in [1.54, 1.807) is 0 Å². The number of nitrogens with zero attached hydrogens (tertiary/aromatic N) is 3. The molecule has 0 amide bonds. The Morgan fingerprint density at radius 3 is 0.986 bits per heavy atom. The van der Waals surface area contributed by atoms with Crippen LogP contribution in [0.2, 0.25) is 0 Å². The zero-order valence-corrected chi connectivity index (χ0v) is 40.5. The van der Waals surface area contributed by atoms with Gasteiger partial charge in [-0.2, -0.15) is 0 Å². The molecule has 12 rings (SSSR count). The topological polar surface area (TPSA) is 9.72 Å². The molecule has 0 aromatic heterocycles. The van der Waals surface area contributed by atoms with E-state index in [0.717, 1.165) is 57.6 Å². The predicted molar refractivity (Wildman–Crippen MR) is 309 cm³/mol. The molecular formula is C70H53N3. The maximum atomic E-state index is 2.38. The first-order chi connectivity index (χ1) is 36.2. The maximum absolute atomic E-state index is 2.38. The highest BCUT2D eigenvalue weighted by Gasteiger charge is 2.21. The SMILES string of the molecule is c1ccc(CC(c2ccc(-c3ccc(N(c4ccccc4)c4ccc(N(c5ccccc5)c5cccc6ccccc56)cc4)cc3)cc2)c2ccc(N(c3ccccc3)c3cccc4ccccc34)cc2)cc1. The third kappa shape index (κ3) is 9.36. The fraction of sp³-hybridized carbons (Fsp3) is 0.0286. The molecule has 0 heterocycles. The molecule has 0 bridgehead atoms. The fourth-order valence-electron chi connectivity index (χ4n) is 10.4. The van der Waals surface area contributed by atoms with Crippen LogP contribution in [-0.2, 0) is 6.42 Å². The molecule has 0 N–H and O–H groups in total. The van der Waals surface area contributed by atoms with E-state index in [9.17, 15) is 0 Å². The molecule has 3 nitrogen and oxygen atoms in total. The Morgan fingerprint density at radius 2 is 0.534 bits per heavy atom. The molecule has 0 aliphatic carbocycles. The van der Waals surface area contributed by atoms with Gasteiger partial charge in [0.2, 0.25) is 0 Å². The monoisotopic (exact) mass is 935 g/mol. The summed E-state index contributed by atoms with van der Waals surface area (Å²) in [6.45, 7) is 0. The number of fused-ring (bicyclic) bond motifs is 2. The Labute approximate surface area is 428 Å². The van der Waals surface area contributed by atoms with Crippen molar-refractivity contribution in [3.05, 3.63) is 320 Å². The second-order valence-corrected chi connectivity index (χ2v) is 18.5. The highest BCUT2D eigenvalue weighted by atomic mass is 15.2. The number of hydrogen-bond acceptors (Lipinski definition) is 3. The summed E-state index contributed by atoms with van der Waals surface area (Å²) in [5.74, 6) is 0.160. The number of anilines is 9. The highest BCUT2D eigenvalue weighted by Crippen LogP contribution is 2.43. The second kappa shape index (κ2) is 20.5. The van der Waals surface area contributed by atoms with Gasteiger partial charge in [0.25, 0.3) is 0 Å². The number of benzene rings is 12. The van der Waals surface area contributed by atoms with Crippen LogP contribution in [0.15, 0.2) is 303 Å². The van der Waals surface area contributed by atoms with Crippen molar-refractivity contribution in [3.8, 4) is 11.1 Å². The molecule has 73 heavy (non-hydrogen) atoms. The fourth-order valence-corrected chi connectivity index (χ4v) is 10.4. The van der Waals surface area contributed by atoms with Crippen molar-refractivity contribution in [2.45, 2.75) is 12.3 Å². The van der Waals surface area contributed by atoms with Gasteiger partial charge in [-0.3, -0.25) is 0 Å². The van der Waals surface area contributed by atoms with Gasteiger partial charge in [0.05, 0.1) is 11.4 Å². The van der Waals surface area contributed by atoms with E-state index in [1.165, 1.54) is 49.4 Å². The maximum Gasteiger partial charge on any atom is 0.0540 e. The molecule has 0 saturated heterocycles. The number of rotatable bonds is 14. The molecule has 12 aromatic carbocycles. The first-order valence-electron chi connectivity index (χ1n) is 25.2. The third-order valence-corrected chi connectivity index (χ3v) is 14.0. The van der Waals surface area contributed by atoms with Crippen LogP contribution in [0.5, 0.6) is 0 Å². The van der Waals surface area contributed by atoms with E-state index in [4.69, 9.17) is 0 Å². The Bertz CT molecular complexity index is 3720. The molecule has 348 valence electrons. The van der Waals surface area contributed by atoms with Crippen LogP contribution in [-0.4, -0.2) is 0 Å². The lowest BCUT2D eigenvalue weighted by Crippen LogP contribution is -2.12. The Hall–Kier alpha value is -9.44. The quantitative estimate of drug-likeness (QED) is 0.108. The van der Waals surface area contributed by atoms with Crippen LogP contribution < -0.4 is 14.7 Å². The Balaban J connectivity index is 0.840. The molecule has 1 atom stereocenters. The van der Waals surface area contributed by atoms with Gasteiger partial charge in [0.1, 0.15) is 0 Å². The van der Waals surface area contributed by atoms with E-state index in [1.807, 2.05) is 0 Å². The van der Waals surface area contributed by atoms with Gasteiger partial charge in [-0.05, 0) is 142 Å². The van der Waals surface area contributed by atoms with Crippen LogP contribution >= 0.6 is 0 Å². The predicted octanol–water partition coefficient (Wildman–Crippen LogP) is 19.4. The zero-order chi connectivity index (χ0) is 48.8. The van der Waals surface area contributed by atoms with Crippen molar-refractivity contribution in [2.24, 2.45) is 0 Å². The summed E-state index contributed by atoms with van der Waals surface area (Å²) >= 11 is 0. The van der Waals surface area contributed by atoms with Gasteiger partial charge >= 0.3 is 0 Å². The van der Waals surface area contributed by atoms with Gasteiger partial charge in [-0.1, -0.05) is 206 Å². The number of hydrogen-bond donors (Lipinski definition) is 0. The van der Waals surface area contributed by atoms with Crippen molar-refractivity contribution in [1.29, 1.82) is 0 Å². The van der Waals surface area contributed by atoms with Crippen molar-refractivity contribution in [1.82, 2.24) is 0 Å². The molecule has 0 aliphatic heterocycles. The van der Waals surface area contributed by atoms with Gasteiger partial charge in [0, 0.05) is 56.5 Å². The van der Waals surface area contributed by atoms with Gasteiger partial charge in [-0.25, -0.2) is 0 Å². The molecule has 3 heteroatoms. The lowest BCUT2D eigenvalue weighted by atomic mass is 9.85. The van der Waals surface area contributed by atoms with Gasteiger partial charge in [0.15, 0.2) is 0 Å². The van der Waals surface area contributed by atoms with Crippen LogP contribution in [0.25, 0.3) is 32.7 Å². The molecule has 12 aromatic rings. The largest absolute Gasteiger partial charge is 0.311 e. The standard InChI is InChI=1S/C70H53N3/c1-5-19-52(20-6-1)51-68(58-41-45-64(46-42-58)72(60-27-9-3-10-28-60)69-33-17-23-55-21-13-15-31-66(55)69)57-37-35-53(36-38-57)54-39-43-62(44-40-54)71(59-25-7-2-8-26-59)63-47-49-65(50-48-63)73(61-29-11-4-12-30-61)70-34-18-24-56-22-14-16-32-67(56)70/h1-50,68H,51H2. The Kier molecular flexibility index (Phi) is 12.6. The van der Waals surface area contributed by atoms with E-state index < -0.39 is 0 Å². The molecule has 0 aliphatic rings. The Morgan fingerprint density at radius 1 is 0.233 bits per heavy atom. The minimum absolute atomic E-state index is 0.160. The first kappa shape index (κ1) is 44.7. The summed E-state index contributed by atoms with van der Waals surface area (Å²) in [6, 6.07) is 110. The average Bonchev–Trinajstić information content (AvgIpc) is 3.47. The lowest BCUT2D eigenvalue weighted by Gasteiger charge is -2.29. The molecule has 0 fully saturated rings. The molecule has 1 unspecified atom stereocenters. The van der Waals surface area contributed by atoms with Crippen molar-refractivity contribution in [2.75, 3.05) is 14.7 Å². The van der Waals surface area contributed by atoms with Gasteiger partial charge in [-0.15, -0.1) is 0 Å². The van der Waals surface area contributed by atoms with E-state index in [2.05, 4.69) is 318 Å². The minimum Gasteiger partial charge on any atom is -0.311 e. The van der Waals surface area contributed by atoms with Crippen LogP contribution in [0.4, 0.5) is 51.2 Å². The summed E-state index contributed by atoms with van der Waals surface area (Å²) in [4.78, 5) is 7.07. The highest BCUT2D eigenvalue weighted by molar-refractivity contribution is 6.00.